The highest BCUT2D eigenvalue weighted by molar-refractivity contribution is 7.80. The topological polar surface area (TPSA) is 79.2 Å². The third-order valence-corrected chi connectivity index (χ3v) is 4.48. The summed E-state index contributed by atoms with van der Waals surface area (Å²) in [6.07, 6.45) is -0.301. The first-order valence-corrected chi connectivity index (χ1v) is 8.27. The van der Waals surface area contributed by atoms with Crippen LogP contribution in [-0.2, 0) is 6.18 Å². The highest BCUT2D eigenvalue weighted by atomic mass is 32.1. The molecule has 1 saturated carbocycles. The molecule has 0 bridgehead atoms. The summed E-state index contributed by atoms with van der Waals surface area (Å²) in [7, 11) is 0. The van der Waals surface area contributed by atoms with Crippen LogP contribution in [0.25, 0.3) is 0 Å². The Morgan fingerprint density at radius 1 is 1.32 bits per heavy atom. The summed E-state index contributed by atoms with van der Waals surface area (Å²) in [6.45, 7) is 2.12. The van der Waals surface area contributed by atoms with E-state index in [9.17, 15) is 23.3 Å². The van der Waals surface area contributed by atoms with Gasteiger partial charge in [-0.2, -0.15) is 13.2 Å². The predicted octanol–water partition coefficient (Wildman–Crippen LogP) is 3.98. The van der Waals surface area contributed by atoms with E-state index in [-0.39, 0.29) is 16.8 Å². The first kappa shape index (κ1) is 19.2. The molecule has 2 atom stereocenters. The molecule has 6 nitrogen and oxygen atoms in total. The molecule has 0 heterocycles. The third kappa shape index (κ3) is 5.18. The Labute approximate surface area is 148 Å². The number of thiocarbonyl (C=S) groups is 1. The van der Waals surface area contributed by atoms with E-state index in [0.717, 1.165) is 31.4 Å². The lowest BCUT2D eigenvalue weighted by molar-refractivity contribution is -0.384. The predicted molar refractivity (Wildman–Crippen MR) is 92.0 cm³/mol. The zero-order valence-electron chi connectivity index (χ0n) is 13.5. The lowest BCUT2D eigenvalue weighted by Gasteiger charge is -2.30. The molecule has 1 aliphatic carbocycles. The van der Waals surface area contributed by atoms with Gasteiger partial charge in [0.25, 0.3) is 5.69 Å². The molecule has 2 unspecified atom stereocenters. The van der Waals surface area contributed by atoms with Gasteiger partial charge >= 0.3 is 6.18 Å². The van der Waals surface area contributed by atoms with Crippen LogP contribution in [-0.4, -0.2) is 16.1 Å². The van der Waals surface area contributed by atoms with Crippen molar-refractivity contribution in [3.8, 4) is 0 Å². The summed E-state index contributed by atoms with van der Waals surface area (Å²) in [4.78, 5) is 10.2. The normalized spacial score (nSPS) is 20.6. The largest absolute Gasteiger partial charge is 0.416 e. The number of alkyl halides is 3. The number of nitrogens with zero attached hydrogens (tertiary/aromatic N) is 1. The fourth-order valence-corrected chi connectivity index (χ4v) is 3.03. The van der Waals surface area contributed by atoms with Crippen LogP contribution < -0.4 is 16.2 Å². The summed E-state index contributed by atoms with van der Waals surface area (Å²) in [5.74, 6) is 0.453. The van der Waals surface area contributed by atoms with Gasteiger partial charge in [-0.05, 0) is 43.1 Å². The van der Waals surface area contributed by atoms with Crippen molar-refractivity contribution in [1.82, 2.24) is 10.7 Å². The van der Waals surface area contributed by atoms with Crippen molar-refractivity contribution >= 4 is 28.7 Å². The van der Waals surface area contributed by atoms with E-state index < -0.39 is 22.4 Å². The van der Waals surface area contributed by atoms with Crippen molar-refractivity contribution < 1.29 is 18.1 Å². The molecule has 2 rings (SSSR count). The number of nitrogens with one attached hydrogen (secondary N) is 3. The molecule has 0 amide bonds. The second kappa shape index (κ2) is 7.85. The SMILES string of the molecule is CC1CCCCC1NC(=S)NNc1ccc(C(F)(F)F)cc1[N+](=O)[O-]. The molecular formula is C15H19F3N4O2S. The zero-order chi connectivity index (χ0) is 18.6. The molecular weight excluding hydrogens is 357 g/mol. The minimum Gasteiger partial charge on any atom is -0.358 e. The molecule has 3 N–H and O–H groups in total. The van der Waals surface area contributed by atoms with Crippen molar-refractivity contribution in [3.63, 3.8) is 0 Å². The van der Waals surface area contributed by atoms with E-state index in [4.69, 9.17) is 12.2 Å². The monoisotopic (exact) mass is 376 g/mol. The van der Waals surface area contributed by atoms with Crippen LogP contribution in [0.5, 0.6) is 0 Å². The quantitative estimate of drug-likeness (QED) is 0.419. The minimum atomic E-state index is -4.65. The molecule has 0 radical (unpaired) electrons. The van der Waals surface area contributed by atoms with Crippen molar-refractivity contribution in [2.45, 2.75) is 44.8 Å². The van der Waals surface area contributed by atoms with Gasteiger partial charge in [0.05, 0.1) is 10.5 Å². The molecule has 0 spiro atoms. The van der Waals surface area contributed by atoms with Crippen LogP contribution in [0.1, 0.15) is 38.2 Å². The Morgan fingerprint density at radius 3 is 2.60 bits per heavy atom. The van der Waals surface area contributed by atoms with Gasteiger partial charge in [0.15, 0.2) is 5.11 Å². The maximum absolute atomic E-state index is 12.7. The summed E-state index contributed by atoms with van der Waals surface area (Å²) in [5.41, 5.74) is 3.26. The van der Waals surface area contributed by atoms with Crippen molar-refractivity contribution in [3.05, 3.63) is 33.9 Å². The number of hydrogen-bond donors (Lipinski definition) is 3. The van der Waals surface area contributed by atoms with Crippen molar-refractivity contribution in [2.24, 2.45) is 5.92 Å². The smallest absolute Gasteiger partial charge is 0.358 e. The van der Waals surface area contributed by atoms with Crippen LogP contribution >= 0.6 is 12.2 Å². The lowest BCUT2D eigenvalue weighted by Crippen LogP contribution is -2.47. The molecule has 138 valence electrons. The molecule has 1 aromatic carbocycles. The Bertz CT molecular complexity index is 654. The Morgan fingerprint density at radius 2 is 2.00 bits per heavy atom. The van der Waals surface area contributed by atoms with Gasteiger partial charge in [-0.1, -0.05) is 19.8 Å². The van der Waals surface area contributed by atoms with E-state index in [1.54, 1.807) is 0 Å². The third-order valence-electron chi connectivity index (χ3n) is 4.26. The number of nitro groups is 1. The van der Waals surface area contributed by atoms with E-state index in [2.05, 4.69) is 23.1 Å². The Balaban J connectivity index is 2.02. The Hall–Kier alpha value is -2.10. The van der Waals surface area contributed by atoms with Crippen LogP contribution in [0.15, 0.2) is 18.2 Å². The van der Waals surface area contributed by atoms with Crippen molar-refractivity contribution in [2.75, 3.05) is 5.43 Å². The summed E-state index contributed by atoms with van der Waals surface area (Å²) in [6, 6.07) is 2.47. The molecule has 1 aromatic rings. The lowest BCUT2D eigenvalue weighted by atomic mass is 9.86. The summed E-state index contributed by atoms with van der Waals surface area (Å²) in [5, 5.41) is 14.4. The molecule has 25 heavy (non-hydrogen) atoms. The highest BCUT2D eigenvalue weighted by Gasteiger charge is 2.33. The first-order valence-electron chi connectivity index (χ1n) is 7.86. The highest BCUT2D eigenvalue weighted by Crippen LogP contribution is 2.34. The van der Waals surface area contributed by atoms with Gasteiger partial charge < -0.3 is 5.32 Å². The van der Waals surface area contributed by atoms with Gasteiger partial charge in [-0.15, -0.1) is 0 Å². The average Bonchev–Trinajstić information content (AvgIpc) is 2.54. The number of benzene rings is 1. The maximum atomic E-state index is 12.7. The van der Waals surface area contributed by atoms with E-state index >= 15 is 0 Å². The number of hydrazine groups is 1. The fraction of sp³-hybridized carbons (Fsp3) is 0.533. The molecule has 0 aromatic heterocycles. The molecule has 10 heteroatoms. The van der Waals surface area contributed by atoms with Gasteiger partial charge in [-0.3, -0.25) is 21.0 Å². The number of rotatable bonds is 4. The van der Waals surface area contributed by atoms with Crippen LogP contribution in [0.2, 0.25) is 0 Å². The standard InChI is InChI=1S/C15H19F3N4O2S/c1-9-4-2-3-5-11(9)19-14(25)21-20-12-7-6-10(15(16,17)18)8-13(12)22(23)24/h6-9,11,20H,2-5H2,1H3,(H2,19,21,25). The van der Waals surface area contributed by atoms with Gasteiger partial charge in [-0.25, -0.2) is 0 Å². The van der Waals surface area contributed by atoms with Gasteiger partial charge in [0.1, 0.15) is 5.69 Å². The maximum Gasteiger partial charge on any atom is 0.416 e. The summed E-state index contributed by atoms with van der Waals surface area (Å²) >= 11 is 5.15. The number of hydrogen-bond acceptors (Lipinski definition) is 4. The fourth-order valence-electron chi connectivity index (χ4n) is 2.82. The van der Waals surface area contributed by atoms with E-state index in [0.29, 0.717) is 12.0 Å². The second-order valence-electron chi connectivity index (χ2n) is 6.08. The van der Waals surface area contributed by atoms with Crippen LogP contribution in [0, 0.1) is 16.0 Å². The first-order chi connectivity index (χ1) is 11.7. The van der Waals surface area contributed by atoms with Gasteiger partial charge in [0.2, 0.25) is 0 Å². The second-order valence-corrected chi connectivity index (χ2v) is 6.49. The van der Waals surface area contributed by atoms with Crippen LogP contribution in [0.3, 0.4) is 0 Å². The van der Waals surface area contributed by atoms with Crippen molar-refractivity contribution in [1.29, 1.82) is 0 Å². The molecule has 0 saturated heterocycles. The number of anilines is 1. The van der Waals surface area contributed by atoms with Crippen LogP contribution in [0.4, 0.5) is 24.5 Å². The van der Waals surface area contributed by atoms with E-state index in [1.165, 1.54) is 6.42 Å². The Kier molecular flexibility index (Phi) is 6.04. The average molecular weight is 376 g/mol. The number of halogens is 3. The zero-order valence-corrected chi connectivity index (χ0v) is 14.3. The number of nitro benzene ring substituents is 1. The van der Waals surface area contributed by atoms with Gasteiger partial charge in [0, 0.05) is 12.1 Å². The molecule has 1 aliphatic rings. The minimum absolute atomic E-state index is 0.0983. The van der Waals surface area contributed by atoms with E-state index in [1.807, 2.05) is 0 Å². The molecule has 1 fully saturated rings. The summed E-state index contributed by atoms with van der Waals surface area (Å²) < 4.78 is 38.1. The molecule has 0 aliphatic heterocycles.